The first kappa shape index (κ1) is 9.93. The molecule has 1 aliphatic carbocycles. The number of rotatable bonds is 3. The molecule has 2 rings (SSSR count). The second kappa shape index (κ2) is 3.87. The van der Waals surface area contributed by atoms with E-state index in [-0.39, 0.29) is 11.5 Å². The minimum atomic E-state index is -0.278. The molecule has 1 saturated heterocycles. The molecule has 0 aromatic heterocycles. The van der Waals surface area contributed by atoms with Crippen molar-refractivity contribution in [3.05, 3.63) is 0 Å². The molecule has 0 bridgehead atoms. The first-order valence-electron chi connectivity index (χ1n) is 5.29. The summed E-state index contributed by atoms with van der Waals surface area (Å²) in [4.78, 5) is 13.9. The van der Waals surface area contributed by atoms with Gasteiger partial charge in [0.15, 0.2) is 0 Å². The number of carbonyl (C=O) groups is 1. The van der Waals surface area contributed by atoms with Crippen molar-refractivity contribution in [2.24, 2.45) is 0 Å². The molecule has 14 heavy (non-hydrogen) atoms. The van der Waals surface area contributed by atoms with Crippen molar-refractivity contribution in [3.8, 4) is 0 Å². The lowest BCUT2D eigenvalue weighted by atomic mass is 10.2. The van der Waals surface area contributed by atoms with Crippen LogP contribution in [0.15, 0.2) is 0 Å². The lowest BCUT2D eigenvalue weighted by Gasteiger charge is -2.33. The Morgan fingerprint density at radius 2 is 2.07 bits per heavy atom. The molecule has 0 amide bonds. The molecule has 1 aliphatic heterocycles. The third-order valence-corrected chi connectivity index (χ3v) is 3.00. The van der Waals surface area contributed by atoms with E-state index in [1.165, 1.54) is 0 Å². The quantitative estimate of drug-likeness (QED) is 0.617. The first-order valence-corrected chi connectivity index (χ1v) is 5.29. The molecule has 4 heteroatoms. The third-order valence-electron chi connectivity index (χ3n) is 3.00. The van der Waals surface area contributed by atoms with Crippen molar-refractivity contribution in [2.75, 3.05) is 32.9 Å². The fourth-order valence-corrected chi connectivity index (χ4v) is 2.02. The molecule has 0 spiro atoms. The molecule has 2 fully saturated rings. The van der Waals surface area contributed by atoms with Crippen molar-refractivity contribution >= 4 is 5.97 Å². The van der Waals surface area contributed by atoms with E-state index in [0.29, 0.717) is 6.61 Å². The summed E-state index contributed by atoms with van der Waals surface area (Å²) in [6.07, 6.45) is 1.90. The zero-order valence-electron chi connectivity index (χ0n) is 8.62. The van der Waals surface area contributed by atoms with Gasteiger partial charge in [-0.05, 0) is 19.8 Å². The van der Waals surface area contributed by atoms with Crippen LogP contribution in [0.2, 0.25) is 0 Å². The Bertz CT molecular complexity index is 219. The van der Waals surface area contributed by atoms with Gasteiger partial charge in [-0.2, -0.15) is 0 Å². The number of hydrogen-bond acceptors (Lipinski definition) is 4. The molecule has 0 atom stereocenters. The van der Waals surface area contributed by atoms with Crippen LogP contribution in [0.5, 0.6) is 0 Å². The third kappa shape index (κ3) is 1.64. The number of carbonyl (C=O) groups excluding carboxylic acids is 1. The molecule has 0 aromatic carbocycles. The van der Waals surface area contributed by atoms with Crippen molar-refractivity contribution in [3.63, 3.8) is 0 Å². The lowest BCUT2D eigenvalue weighted by molar-refractivity contribution is -0.153. The highest BCUT2D eigenvalue weighted by Gasteiger charge is 2.55. The summed E-state index contributed by atoms with van der Waals surface area (Å²) in [6.45, 7) is 5.53. The van der Waals surface area contributed by atoms with E-state index < -0.39 is 0 Å². The summed E-state index contributed by atoms with van der Waals surface area (Å²) >= 11 is 0. The number of ether oxygens (including phenoxy) is 2. The summed E-state index contributed by atoms with van der Waals surface area (Å²) in [5.41, 5.74) is -0.278. The Balaban J connectivity index is 1.96. The molecular formula is C10H17NO3. The molecule has 0 unspecified atom stereocenters. The average Bonchev–Trinajstić information content (AvgIpc) is 3.00. The molecule has 80 valence electrons. The Kier molecular flexibility index (Phi) is 2.74. The largest absolute Gasteiger partial charge is 0.465 e. The van der Waals surface area contributed by atoms with E-state index in [1.54, 1.807) is 0 Å². The van der Waals surface area contributed by atoms with Crippen LogP contribution < -0.4 is 0 Å². The maximum Gasteiger partial charge on any atom is 0.326 e. The fraction of sp³-hybridized carbons (Fsp3) is 0.900. The van der Waals surface area contributed by atoms with E-state index in [1.807, 2.05) is 6.92 Å². The topological polar surface area (TPSA) is 38.8 Å². The van der Waals surface area contributed by atoms with E-state index >= 15 is 0 Å². The van der Waals surface area contributed by atoms with E-state index in [0.717, 1.165) is 39.1 Å². The van der Waals surface area contributed by atoms with Crippen LogP contribution in [0.3, 0.4) is 0 Å². The van der Waals surface area contributed by atoms with Gasteiger partial charge in [0.25, 0.3) is 0 Å². The van der Waals surface area contributed by atoms with Crippen molar-refractivity contribution < 1.29 is 14.3 Å². The summed E-state index contributed by atoms with van der Waals surface area (Å²) in [6, 6.07) is 0. The second-order valence-corrected chi connectivity index (χ2v) is 3.85. The standard InChI is InChI=1S/C10H17NO3/c1-2-14-9(12)10(3-4-10)11-5-7-13-8-6-11/h2-8H2,1H3. The number of morpholine rings is 1. The molecule has 4 nitrogen and oxygen atoms in total. The van der Waals surface area contributed by atoms with Crippen LogP contribution in [0.25, 0.3) is 0 Å². The van der Waals surface area contributed by atoms with Crippen molar-refractivity contribution in [1.29, 1.82) is 0 Å². The number of hydrogen-bond donors (Lipinski definition) is 0. The normalized spacial score (nSPS) is 25.8. The summed E-state index contributed by atoms with van der Waals surface area (Å²) in [5, 5.41) is 0. The molecule has 0 aromatic rings. The SMILES string of the molecule is CCOC(=O)C1(N2CCOCC2)CC1. The monoisotopic (exact) mass is 199 g/mol. The highest BCUT2D eigenvalue weighted by atomic mass is 16.5. The minimum Gasteiger partial charge on any atom is -0.465 e. The summed E-state index contributed by atoms with van der Waals surface area (Å²) in [7, 11) is 0. The van der Waals surface area contributed by atoms with Gasteiger partial charge in [0.1, 0.15) is 5.54 Å². The molecule has 2 aliphatic rings. The number of esters is 1. The second-order valence-electron chi connectivity index (χ2n) is 3.85. The molecule has 0 N–H and O–H groups in total. The van der Waals surface area contributed by atoms with Gasteiger partial charge in [-0.15, -0.1) is 0 Å². The highest BCUT2D eigenvalue weighted by Crippen LogP contribution is 2.43. The Morgan fingerprint density at radius 1 is 1.43 bits per heavy atom. The fourth-order valence-electron chi connectivity index (χ4n) is 2.02. The van der Waals surface area contributed by atoms with Crippen LogP contribution in [0.1, 0.15) is 19.8 Å². The van der Waals surface area contributed by atoms with Gasteiger partial charge in [-0.3, -0.25) is 9.69 Å². The Hall–Kier alpha value is -0.610. The molecule has 1 saturated carbocycles. The van der Waals surface area contributed by atoms with E-state index in [2.05, 4.69) is 4.90 Å². The van der Waals surface area contributed by atoms with Crippen molar-refractivity contribution in [2.45, 2.75) is 25.3 Å². The maximum atomic E-state index is 11.7. The first-order chi connectivity index (χ1) is 6.79. The number of nitrogens with zero attached hydrogens (tertiary/aromatic N) is 1. The van der Waals surface area contributed by atoms with E-state index in [4.69, 9.17) is 9.47 Å². The Morgan fingerprint density at radius 3 is 2.57 bits per heavy atom. The molecule has 0 radical (unpaired) electrons. The van der Waals surface area contributed by atoms with Crippen molar-refractivity contribution in [1.82, 2.24) is 4.90 Å². The van der Waals surface area contributed by atoms with E-state index in [9.17, 15) is 4.79 Å². The van der Waals surface area contributed by atoms with Gasteiger partial charge < -0.3 is 9.47 Å². The predicted molar refractivity (Wildman–Crippen MR) is 51.0 cm³/mol. The molecular weight excluding hydrogens is 182 g/mol. The van der Waals surface area contributed by atoms with Gasteiger partial charge in [0.2, 0.25) is 0 Å². The zero-order chi connectivity index (χ0) is 10.0. The minimum absolute atomic E-state index is 0.0399. The van der Waals surface area contributed by atoms with Crippen LogP contribution in [0, 0.1) is 0 Å². The van der Waals surface area contributed by atoms with Crippen LogP contribution >= 0.6 is 0 Å². The zero-order valence-corrected chi connectivity index (χ0v) is 8.62. The van der Waals surface area contributed by atoms with Crippen LogP contribution in [0.4, 0.5) is 0 Å². The van der Waals surface area contributed by atoms with Crippen LogP contribution in [-0.4, -0.2) is 49.3 Å². The summed E-state index contributed by atoms with van der Waals surface area (Å²) in [5.74, 6) is -0.0399. The highest BCUT2D eigenvalue weighted by molar-refractivity contribution is 5.84. The van der Waals surface area contributed by atoms with Crippen LogP contribution in [-0.2, 0) is 14.3 Å². The Labute approximate surface area is 84.2 Å². The molecule has 1 heterocycles. The van der Waals surface area contributed by atoms with Gasteiger partial charge in [0.05, 0.1) is 19.8 Å². The van der Waals surface area contributed by atoms with Gasteiger partial charge >= 0.3 is 5.97 Å². The average molecular weight is 199 g/mol. The van der Waals surface area contributed by atoms with Gasteiger partial charge in [0, 0.05) is 13.1 Å². The smallest absolute Gasteiger partial charge is 0.326 e. The maximum absolute atomic E-state index is 11.7. The van der Waals surface area contributed by atoms with Gasteiger partial charge in [-0.1, -0.05) is 0 Å². The summed E-state index contributed by atoms with van der Waals surface area (Å²) < 4.78 is 10.4. The lowest BCUT2D eigenvalue weighted by Crippen LogP contribution is -2.50. The van der Waals surface area contributed by atoms with Gasteiger partial charge in [-0.25, -0.2) is 0 Å². The predicted octanol–water partition coefficient (Wildman–Crippen LogP) is 0.414.